The van der Waals surface area contributed by atoms with Crippen molar-refractivity contribution in [1.29, 1.82) is 0 Å². The van der Waals surface area contributed by atoms with Gasteiger partial charge in [0.15, 0.2) is 5.96 Å². The molecule has 0 aliphatic carbocycles. The minimum atomic E-state index is 0. The summed E-state index contributed by atoms with van der Waals surface area (Å²) in [6.07, 6.45) is 3.20. The fourth-order valence-electron chi connectivity index (χ4n) is 4.38. The number of aryl methyl sites for hydroxylation is 2. The summed E-state index contributed by atoms with van der Waals surface area (Å²) in [5.74, 6) is 0.936. The highest BCUT2D eigenvalue weighted by Crippen LogP contribution is 2.20. The van der Waals surface area contributed by atoms with Gasteiger partial charge in [-0.2, -0.15) is 5.10 Å². The van der Waals surface area contributed by atoms with Crippen LogP contribution >= 0.6 is 24.0 Å². The summed E-state index contributed by atoms with van der Waals surface area (Å²) in [6.45, 7) is 12.5. The standard InChI is InChI=1S/C24H38N6.HI/c1-6-25-24(26-14-12-23-19(3)28-29(5)20(23)4)27-22-13-15-30(18(2)16-22)17-21-10-8-7-9-11-21;/h7-11,18,22H,6,12-17H2,1-5H3,(H2,25,26,27);1H. The van der Waals surface area contributed by atoms with Crippen LogP contribution in [0, 0.1) is 13.8 Å². The van der Waals surface area contributed by atoms with Gasteiger partial charge < -0.3 is 10.6 Å². The molecule has 0 amide bonds. The first-order valence-electron chi connectivity index (χ1n) is 11.3. The molecule has 0 spiro atoms. The van der Waals surface area contributed by atoms with Crippen LogP contribution in [0.1, 0.15) is 49.2 Å². The molecule has 0 saturated carbocycles. The van der Waals surface area contributed by atoms with Gasteiger partial charge >= 0.3 is 0 Å². The van der Waals surface area contributed by atoms with Gasteiger partial charge in [0, 0.05) is 51.0 Å². The highest BCUT2D eigenvalue weighted by molar-refractivity contribution is 14.0. The molecule has 3 rings (SSSR count). The maximum Gasteiger partial charge on any atom is 0.191 e. The molecule has 0 radical (unpaired) electrons. The maximum absolute atomic E-state index is 4.85. The molecule has 2 atom stereocenters. The Morgan fingerprint density at radius 2 is 1.97 bits per heavy atom. The molecule has 2 aromatic rings. The Bertz CT molecular complexity index is 832. The number of aromatic nitrogens is 2. The molecular formula is C24H39IN6. The Hall–Kier alpha value is -1.61. The molecule has 1 aliphatic rings. The van der Waals surface area contributed by atoms with Crippen LogP contribution in [0.5, 0.6) is 0 Å². The Morgan fingerprint density at radius 1 is 1.23 bits per heavy atom. The second kappa shape index (κ2) is 12.4. The summed E-state index contributed by atoms with van der Waals surface area (Å²) in [4.78, 5) is 7.44. The van der Waals surface area contributed by atoms with Crippen molar-refractivity contribution in [2.24, 2.45) is 12.0 Å². The molecular weight excluding hydrogens is 499 g/mol. The highest BCUT2D eigenvalue weighted by Gasteiger charge is 2.26. The van der Waals surface area contributed by atoms with Gasteiger partial charge in [0.05, 0.1) is 5.69 Å². The van der Waals surface area contributed by atoms with Crippen molar-refractivity contribution in [2.75, 3.05) is 19.6 Å². The molecule has 2 unspecified atom stereocenters. The van der Waals surface area contributed by atoms with E-state index in [0.717, 1.165) is 57.1 Å². The average Bonchev–Trinajstić information content (AvgIpc) is 2.97. The highest BCUT2D eigenvalue weighted by atomic mass is 127. The number of nitrogens with one attached hydrogen (secondary N) is 2. The second-order valence-electron chi connectivity index (χ2n) is 8.45. The number of halogens is 1. The minimum absolute atomic E-state index is 0. The summed E-state index contributed by atoms with van der Waals surface area (Å²) >= 11 is 0. The SMILES string of the molecule is CCNC(=NCCc1c(C)nn(C)c1C)NC1CCN(Cc2ccccc2)C(C)C1.I. The first-order valence-corrected chi connectivity index (χ1v) is 11.3. The predicted molar refractivity (Wildman–Crippen MR) is 140 cm³/mol. The molecule has 6 nitrogen and oxygen atoms in total. The van der Waals surface area contributed by atoms with Gasteiger partial charge in [-0.05, 0) is 58.1 Å². The zero-order valence-corrected chi connectivity index (χ0v) is 22.0. The smallest absolute Gasteiger partial charge is 0.191 e. The number of hydrogen-bond donors (Lipinski definition) is 2. The molecule has 1 aromatic carbocycles. The van der Waals surface area contributed by atoms with Gasteiger partial charge in [0.1, 0.15) is 0 Å². The van der Waals surface area contributed by atoms with E-state index in [1.54, 1.807) is 0 Å². The van der Waals surface area contributed by atoms with Crippen molar-refractivity contribution >= 4 is 29.9 Å². The Kier molecular flexibility index (Phi) is 10.3. The van der Waals surface area contributed by atoms with E-state index >= 15 is 0 Å². The van der Waals surface area contributed by atoms with Crippen LogP contribution in [-0.4, -0.2) is 52.4 Å². The molecule has 1 saturated heterocycles. The van der Waals surface area contributed by atoms with Crippen LogP contribution in [0.4, 0.5) is 0 Å². The Labute approximate surface area is 204 Å². The second-order valence-corrected chi connectivity index (χ2v) is 8.45. The van der Waals surface area contributed by atoms with E-state index in [2.05, 4.69) is 78.7 Å². The molecule has 1 aliphatic heterocycles. The minimum Gasteiger partial charge on any atom is -0.357 e. The molecule has 31 heavy (non-hydrogen) atoms. The largest absolute Gasteiger partial charge is 0.357 e. The van der Waals surface area contributed by atoms with Gasteiger partial charge in [0.25, 0.3) is 0 Å². The zero-order valence-electron chi connectivity index (χ0n) is 19.7. The van der Waals surface area contributed by atoms with Crippen LogP contribution in [0.25, 0.3) is 0 Å². The number of hydrogen-bond acceptors (Lipinski definition) is 3. The van der Waals surface area contributed by atoms with Crippen molar-refractivity contribution in [3.63, 3.8) is 0 Å². The molecule has 2 N–H and O–H groups in total. The molecule has 172 valence electrons. The number of piperidine rings is 1. The summed E-state index contributed by atoms with van der Waals surface area (Å²) in [5.41, 5.74) is 5.06. The van der Waals surface area contributed by atoms with E-state index in [-0.39, 0.29) is 24.0 Å². The fourth-order valence-corrected chi connectivity index (χ4v) is 4.38. The Balaban J connectivity index is 0.00000341. The van der Waals surface area contributed by atoms with E-state index in [1.807, 2.05) is 11.7 Å². The number of nitrogens with zero attached hydrogens (tertiary/aromatic N) is 4. The van der Waals surface area contributed by atoms with Crippen LogP contribution in [0.15, 0.2) is 35.3 Å². The van der Waals surface area contributed by atoms with Crippen molar-refractivity contribution in [1.82, 2.24) is 25.3 Å². The quantitative estimate of drug-likeness (QED) is 0.320. The fraction of sp³-hybridized carbons (Fsp3) is 0.583. The van der Waals surface area contributed by atoms with Crippen LogP contribution in [-0.2, 0) is 20.0 Å². The normalized spacial score (nSPS) is 19.7. The van der Waals surface area contributed by atoms with Crippen molar-refractivity contribution in [2.45, 2.75) is 65.6 Å². The predicted octanol–water partition coefficient (Wildman–Crippen LogP) is 3.81. The van der Waals surface area contributed by atoms with Crippen molar-refractivity contribution in [3.8, 4) is 0 Å². The summed E-state index contributed by atoms with van der Waals surface area (Å²) in [5, 5.41) is 11.6. The molecule has 7 heteroatoms. The third-order valence-corrected chi connectivity index (χ3v) is 6.22. The number of aliphatic imine (C=N–C) groups is 1. The maximum atomic E-state index is 4.85. The van der Waals surface area contributed by atoms with Gasteiger partial charge in [-0.1, -0.05) is 30.3 Å². The van der Waals surface area contributed by atoms with Crippen LogP contribution in [0.3, 0.4) is 0 Å². The van der Waals surface area contributed by atoms with Crippen LogP contribution in [0.2, 0.25) is 0 Å². The third kappa shape index (κ3) is 7.20. The number of likely N-dealkylation sites (tertiary alicyclic amines) is 1. The summed E-state index contributed by atoms with van der Waals surface area (Å²) in [7, 11) is 2.01. The zero-order chi connectivity index (χ0) is 21.5. The number of guanidine groups is 1. The third-order valence-electron chi connectivity index (χ3n) is 6.22. The average molecular weight is 539 g/mol. The van der Waals surface area contributed by atoms with E-state index in [1.165, 1.54) is 16.8 Å². The molecule has 0 bridgehead atoms. The lowest BCUT2D eigenvalue weighted by atomic mass is 9.97. The van der Waals surface area contributed by atoms with Gasteiger partial charge in [-0.15, -0.1) is 24.0 Å². The first kappa shape index (κ1) is 25.6. The van der Waals surface area contributed by atoms with Gasteiger partial charge in [-0.3, -0.25) is 14.6 Å². The molecule has 2 heterocycles. The van der Waals surface area contributed by atoms with E-state index in [0.29, 0.717) is 12.1 Å². The Morgan fingerprint density at radius 3 is 2.58 bits per heavy atom. The van der Waals surface area contributed by atoms with Crippen LogP contribution < -0.4 is 10.6 Å². The summed E-state index contributed by atoms with van der Waals surface area (Å²) < 4.78 is 1.96. The van der Waals surface area contributed by atoms with E-state index in [9.17, 15) is 0 Å². The van der Waals surface area contributed by atoms with Crippen molar-refractivity contribution < 1.29 is 0 Å². The van der Waals surface area contributed by atoms with Gasteiger partial charge in [0.2, 0.25) is 0 Å². The molecule has 1 aromatic heterocycles. The first-order chi connectivity index (χ1) is 14.5. The topological polar surface area (TPSA) is 57.5 Å². The van der Waals surface area contributed by atoms with Crippen molar-refractivity contribution in [3.05, 3.63) is 52.8 Å². The molecule has 1 fully saturated rings. The lowest BCUT2D eigenvalue weighted by molar-refractivity contribution is 0.134. The number of benzene rings is 1. The number of rotatable bonds is 7. The van der Waals surface area contributed by atoms with E-state index in [4.69, 9.17) is 4.99 Å². The monoisotopic (exact) mass is 538 g/mol. The van der Waals surface area contributed by atoms with Gasteiger partial charge in [-0.25, -0.2) is 0 Å². The van der Waals surface area contributed by atoms with E-state index < -0.39 is 0 Å². The lowest BCUT2D eigenvalue weighted by Gasteiger charge is -2.38. The summed E-state index contributed by atoms with van der Waals surface area (Å²) in [6, 6.07) is 11.8. The lowest BCUT2D eigenvalue weighted by Crippen LogP contribution is -2.51.